The Hall–Kier alpha value is -2.00. The predicted octanol–water partition coefficient (Wildman–Crippen LogP) is 4.12. The van der Waals surface area contributed by atoms with Crippen molar-refractivity contribution in [3.63, 3.8) is 0 Å². The van der Waals surface area contributed by atoms with Crippen molar-refractivity contribution in [1.29, 1.82) is 0 Å². The van der Waals surface area contributed by atoms with Crippen molar-refractivity contribution in [2.24, 2.45) is 0 Å². The molecule has 0 aromatic heterocycles. The van der Waals surface area contributed by atoms with Gasteiger partial charge in [0.05, 0.1) is 6.42 Å². The molecule has 1 amide bonds. The number of hydrogen-bond donors (Lipinski definition) is 1. The minimum absolute atomic E-state index is 0.0537. The van der Waals surface area contributed by atoms with Gasteiger partial charge in [0.25, 0.3) is 0 Å². The van der Waals surface area contributed by atoms with Gasteiger partial charge in [0.2, 0.25) is 5.91 Å². The Morgan fingerprint density at radius 3 is 2.41 bits per heavy atom. The van der Waals surface area contributed by atoms with Crippen molar-refractivity contribution in [2.75, 3.05) is 23.3 Å². The highest BCUT2D eigenvalue weighted by Crippen LogP contribution is 2.22. The van der Waals surface area contributed by atoms with Crippen molar-refractivity contribution in [3.05, 3.63) is 59.1 Å². The SMILES string of the molecule is O=C(Cc1ccccc1Cl)Nc1ccc(N2CCCC2)cc1. The number of carbonyl (C=O) groups excluding carboxylic acids is 1. The summed E-state index contributed by atoms with van der Waals surface area (Å²) >= 11 is 6.08. The third-order valence-electron chi connectivity index (χ3n) is 3.93. The smallest absolute Gasteiger partial charge is 0.228 e. The first kappa shape index (κ1) is 14.9. The van der Waals surface area contributed by atoms with E-state index in [9.17, 15) is 4.79 Å². The van der Waals surface area contributed by atoms with Gasteiger partial charge in [0, 0.05) is 29.5 Å². The standard InChI is InChI=1S/C18H19ClN2O/c19-17-6-2-1-5-14(17)13-18(22)20-15-7-9-16(10-8-15)21-11-3-4-12-21/h1-2,5-10H,3-4,11-13H2,(H,20,22). The van der Waals surface area contributed by atoms with Crippen molar-refractivity contribution in [3.8, 4) is 0 Å². The number of hydrogen-bond acceptors (Lipinski definition) is 2. The zero-order valence-corrected chi connectivity index (χ0v) is 13.1. The molecular formula is C18H19ClN2O. The molecule has 1 heterocycles. The van der Waals surface area contributed by atoms with Crippen molar-refractivity contribution >= 4 is 28.9 Å². The van der Waals surface area contributed by atoms with E-state index in [2.05, 4.69) is 22.3 Å². The lowest BCUT2D eigenvalue weighted by molar-refractivity contribution is -0.115. The van der Waals surface area contributed by atoms with E-state index in [1.165, 1.54) is 18.5 Å². The van der Waals surface area contributed by atoms with Gasteiger partial charge in [0.1, 0.15) is 0 Å². The predicted molar refractivity (Wildman–Crippen MR) is 91.7 cm³/mol. The first-order valence-electron chi connectivity index (χ1n) is 7.60. The molecule has 0 radical (unpaired) electrons. The maximum atomic E-state index is 12.1. The average molecular weight is 315 g/mol. The molecule has 1 aliphatic heterocycles. The third kappa shape index (κ3) is 3.60. The molecule has 1 fully saturated rings. The summed E-state index contributed by atoms with van der Waals surface area (Å²) in [6.07, 6.45) is 2.81. The second-order valence-electron chi connectivity index (χ2n) is 5.56. The van der Waals surface area contributed by atoms with Gasteiger partial charge in [-0.1, -0.05) is 29.8 Å². The highest BCUT2D eigenvalue weighted by molar-refractivity contribution is 6.31. The van der Waals surface area contributed by atoms with Crippen molar-refractivity contribution in [2.45, 2.75) is 19.3 Å². The Bertz CT molecular complexity index is 648. The van der Waals surface area contributed by atoms with Gasteiger partial charge >= 0.3 is 0 Å². The van der Waals surface area contributed by atoms with Crippen LogP contribution in [-0.4, -0.2) is 19.0 Å². The Morgan fingerprint density at radius 2 is 1.73 bits per heavy atom. The van der Waals surface area contributed by atoms with E-state index in [-0.39, 0.29) is 12.3 Å². The van der Waals surface area contributed by atoms with Gasteiger partial charge in [-0.25, -0.2) is 0 Å². The third-order valence-corrected chi connectivity index (χ3v) is 4.30. The second kappa shape index (κ2) is 6.84. The number of nitrogens with one attached hydrogen (secondary N) is 1. The minimum Gasteiger partial charge on any atom is -0.372 e. The first-order valence-corrected chi connectivity index (χ1v) is 7.98. The Balaban J connectivity index is 1.60. The molecule has 2 aromatic rings. The highest BCUT2D eigenvalue weighted by Gasteiger charge is 2.12. The Morgan fingerprint density at radius 1 is 1.05 bits per heavy atom. The van der Waals surface area contributed by atoms with Crippen LogP contribution >= 0.6 is 11.6 Å². The number of nitrogens with zero attached hydrogens (tertiary/aromatic N) is 1. The molecule has 4 heteroatoms. The molecule has 2 aromatic carbocycles. The fourth-order valence-corrected chi connectivity index (χ4v) is 2.95. The number of halogens is 1. The van der Waals surface area contributed by atoms with Crippen LogP contribution in [0.5, 0.6) is 0 Å². The average Bonchev–Trinajstić information content (AvgIpc) is 3.05. The zero-order valence-electron chi connectivity index (χ0n) is 12.4. The summed E-state index contributed by atoms with van der Waals surface area (Å²) in [5.41, 5.74) is 2.89. The normalized spacial score (nSPS) is 14.1. The van der Waals surface area contributed by atoms with Crippen LogP contribution in [0.3, 0.4) is 0 Å². The molecule has 0 aliphatic carbocycles. The number of benzene rings is 2. The summed E-state index contributed by atoms with van der Waals surface area (Å²) in [5, 5.41) is 3.55. The molecule has 3 nitrogen and oxygen atoms in total. The van der Waals surface area contributed by atoms with Crippen LogP contribution in [-0.2, 0) is 11.2 Å². The summed E-state index contributed by atoms with van der Waals surface area (Å²) in [6, 6.07) is 15.5. The quantitative estimate of drug-likeness (QED) is 0.920. The molecule has 1 N–H and O–H groups in total. The summed E-state index contributed by atoms with van der Waals surface area (Å²) in [6.45, 7) is 2.25. The summed E-state index contributed by atoms with van der Waals surface area (Å²) in [4.78, 5) is 14.5. The molecule has 0 atom stereocenters. The molecule has 0 unspecified atom stereocenters. The molecule has 22 heavy (non-hydrogen) atoms. The molecule has 1 aliphatic rings. The number of rotatable bonds is 4. The monoisotopic (exact) mass is 314 g/mol. The first-order chi connectivity index (χ1) is 10.7. The van der Waals surface area contributed by atoms with Gasteiger partial charge < -0.3 is 10.2 Å². The highest BCUT2D eigenvalue weighted by atomic mass is 35.5. The molecule has 0 saturated carbocycles. The number of anilines is 2. The molecule has 0 spiro atoms. The van der Waals surface area contributed by atoms with E-state index in [1.807, 2.05) is 30.3 Å². The zero-order chi connectivity index (χ0) is 15.4. The topological polar surface area (TPSA) is 32.3 Å². The summed E-state index contributed by atoms with van der Waals surface area (Å²) < 4.78 is 0. The van der Waals surface area contributed by atoms with E-state index < -0.39 is 0 Å². The van der Waals surface area contributed by atoms with Crippen LogP contribution in [0.15, 0.2) is 48.5 Å². The van der Waals surface area contributed by atoms with Crippen molar-refractivity contribution in [1.82, 2.24) is 0 Å². The van der Waals surface area contributed by atoms with Crippen LogP contribution in [0.2, 0.25) is 5.02 Å². The van der Waals surface area contributed by atoms with Gasteiger partial charge in [0.15, 0.2) is 0 Å². The van der Waals surface area contributed by atoms with Crippen LogP contribution in [0.1, 0.15) is 18.4 Å². The van der Waals surface area contributed by atoms with Crippen LogP contribution in [0, 0.1) is 0 Å². The fraction of sp³-hybridized carbons (Fsp3) is 0.278. The lowest BCUT2D eigenvalue weighted by atomic mass is 10.1. The van der Waals surface area contributed by atoms with Crippen LogP contribution in [0.4, 0.5) is 11.4 Å². The van der Waals surface area contributed by atoms with Gasteiger partial charge in [-0.2, -0.15) is 0 Å². The number of carbonyl (C=O) groups is 1. The van der Waals surface area contributed by atoms with E-state index in [4.69, 9.17) is 11.6 Å². The summed E-state index contributed by atoms with van der Waals surface area (Å²) in [7, 11) is 0. The van der Waals surface area contributed by atoms with Crippen molar-refractivity contribution < 1.29 is 4.79 Å². The van der Waals surface area contributed by atoms with E-state index in [0.29, 0.717) is 5.02 Å². The van der Waals surface area contributed by atoms with E-state index in [1.54, 1.807) is 6.07 Å². The molecule has 1 saturated heterocycles. The Kier molecular flexibility index (Phi) is 4.64. The molecule has 114 valence electrons. The fourth-order valence-electron chi connectivity index (χ4n) is 2.75. The van der Waals surface area contributed by atoms with Crippen LogP contribution in [0.25, 0.3) is 0 Å². The maximum absolute atomic E-state index is 12.1. The second-order valence-corrected chi connectivity index (χ2v) is 5.96. The maximum Gasteiger partial charge on any atom is 0.228 e. The molecule has 3 rings (SSSR count). The van der Waals surface area contributed by atoms with Gasteiger partial charge in [-0.3, -0.25) is 4.79 Å². The molecule has 0 bridgehead atoms. The minimum atomic E-state index is -0.0537. The largest absolute Gasteiger partial charge is 0.372 e. The lowest BCUT2D eigenvalue weighted by Crippen LogP contribution is -2.18. The Labute approximate surface area is 135 Å². The number of amides is 1. The van der Waals surface area contributed by atoms with Gasteiger partial charge in [-0.05, 0) is 48.7 Å². The van der Waals surface area contributed by atoms with Crippen LogP contribution < -0.4 is 10.2 Å². The summed E-state index contributed by atoms with van der Waals surface area (Å²) in [5.74, 6) is -0.0537. The van der Waals surface area contributed by atoms with E-state index >= 15 is 0 Å². The lowest BCUT2D eigenvalue weighted by Gasteiger charge is -2.17. The van der Waals surface area contributed by atoms with Gasteiger partial charge in [-0.15, -0.1) is 0 Å². The van der Waals surface area contributed by atoms with E-state index in [0.717, 1.165) is 24.3 Å². The molecular weight excluding hydrogens is 296 g/mol.